The summed E-state index contributed by atoms with van der Waals surface area (Å²) in [7, 11) is 0. The molecule has 116 valence electrons. The highest BCUT2D eigenvalue weighted by Crippen LogP contribution is 2.15. The zero-order valence-electron chi connectivity index (χ0n) is 12.6. The van der Waals surface area contributed by atoms with E-state index in [2.05, 4.69) is 5.32 Å². The van der Waals surface area contributed by atoms with Crippen molar-refractivity contribution in [3.8, 4) is 0 Å². The molecule has 6 heteroatoms. The standard InChI is InChI=1S/C14H26N2O4/c1-4-10(3)12(13(17)18)15-14(19)16-8-6-11(7-9-16)20-5-2/h10-12H,4-9H2,1-3H3,(H,15,19)(H,17,18). The molecule has 0 bridgehead atoms. The molecule has 1 fully saturated rings. The van der Waals surface area contributed by atoms with Gasteiger partial charge in [0.2, 0.25) is 0 Å². The van der Waals surface area contributed by atoms with Crippen LogP contribution in [-0.4, -0.2) is 53.8 Å². The van der Waals surface area contributed by atoms with Gasteiger partial charge in [-0.15, -0.1) is 0 Å². The fourth-order valence-electron chi connectivity index (χ4n) is 2.37. The third kappa shape index (κ3) is 4.67. The van der Waals surface area contributed by atoms with Gasteiger partial charge in [0.1, 0.15) is 6.04 Å². The number of carboxylic acid groups (broad SMARTS) is 1. The normalized spacial score (nSPS) is 19.4. The number of likely N-dealkylation sites (tertiary alicyclic amines) is 1. The molecule has 0 radical (unpaired) electrons. The molecule has 20 heavy (non-hydrogen) atoms. The third-order valence-electron chi connectivity index (χ3n) is 3.89. The van der Waals surface area contributed by atoms with E-state index >= 15 is 0 Å². The van der Waals surface area contributed by atoms with Crippen LogP contribution in [0.2, 0.25) is 0 Å². The van der Waals surface area contributed by atoms with E-state index in [1.165, 1.54) is 0 Å². The number of nitrogens with zero attached hydrogens (tertiary/aromatic N) is 1. The SMILES string of the molecule is CCOC1CCN(C(=O)NC(C(=O)O)C(C)CC)CC1. The van der Waals surface area contributed by atoms with Crippen molar-refractivity contribution < 1.29 is 19.4 Å². The highest BCUT2D eigenvalue weighted by molar-refractivity contribution is 5.82. The zero-order valence-corrected chi connectivity index (χ0v) is 12.6. The molecule has 2 N–H and O–H groups in total. The second-order valence-electron chi connectivity index (χ2n) is 5.29. The molecule has 2 amide bonds. The Morgan fingerprint density at radius 1 is 1.35 bits per heavy atom. The number of urea groups is 1. The van der Waals surface area contributed by atoms with Crippen molar-refractivity contribution in [3.63, 3.8) is 0 Å². The highest BCUT2D eigenvalue weighted by atomic mass is 16.5. The van der Waals surface area contributed by atoms with Gasteiger partial charge < -0.3 is 20.1 Å². The molecule has 1 aliphatic heterocycles. The average molecular weight is 286 g/mol. The maximum atomic E-state index is 12.1. The maximum absolute atomic E-state index is 12.1. The zero-order chi connectivity index (χ0) is 15.1. The summed E-state index contributed by atoms with van der Waals surface area (Å²) in [5.41, 5.74) is 0. The van der Waals surface area contributed by atoms with E-state index in [1.54, 1.807) is 4.90 Å². The molecule has 1 rings (SSSR count). The van der Waals surface area contributed by atoms with Crippen LogP contribution in [0.1, 0.15) is 40.0 Å². The molecule has 0 saturated carbocycles. The molecular weight excluding hydrogens is 260 g/mol. The van der Waals surface area contributed by atoms with Crippen molar-refractivity contribution in [3.05, 3.63) is 0 Å². The number of hydrogen-bond acceptors (Lipinski definition) is 3. The molecule has 0 aromatic carbocycles. The van der Waals surface area contributed by atoms with Gasteiger partial charge in [0, 0.05) is 19.7 Å². The van der Waals surface area contributed by atoms with Crippen molar-refractivity contribution in [2.24, 2.45) is 5.92 Å². The molecule has 0 aromatic heterocycles. The minimum atomic E-state index is -0.975. The lowest BCUT2D eigenvalue weighted by molar-refractivity contribution is -0.140. The van der Waals surface area contributed by atoms with Gasteiger partial charge in [-0.3, -0.25) is 0 Å². The van der Waals surface area contributed by atoms with Crippen LogP contribution in [-0.2, 0) is 9.53 Å². The summed E-state index contributed by atoms with van der Waals surface area (Å²) >= 11 is 0. The van der Waals surface area contributed by atoms with Crippen LogP contribution >= 0.6 is 0 Å². The second-order valence-corrected chi connectivity index (χ2v) is 5.29. The second kappa shape index (κ2) is 8.09. The number of carbonyl (C=O) groups excluding carboxylic acids is 1. The van der Waals surface area contributed by atoms with Gasteiger partial charge in [-0.25, -0.2) is 9.59 Å². The lowest BCUT2D eigenvalue weighted by Crippen LogP contribution is -2.52. The van der Waals surface area contributed by atoms with Crippen LogP contribution in [0.3, 0.4) is 0 Å². The maximum Gasteiger partial charge on any atom is 0.326 e. The van der Waals surface area contributed by atoms with E-state index in [9.17, 15) is 14.7 Å². The van der Waals surface area contributed by atoms with Gasteiger partial charge in [-0.2, -0.15) is 0 Å². The Bertz CT molecular complexity index is 327. The molecular formula is C14H26N2O4. The topological polar surface area (TPSA) is 78.9 Å². The smallest absolute Gasteiger partial charge is 0.326 e. The molecule has 0 spiro atoms. The summed E-state index contributed by atoms with van der Waals surface area (Å²) in [6, 6.07) is -1.11. The summed E-state index contributed by atoms with van der Waals surface area (Å²) < 4.78 is 5.53. The van der Waals surface area contributed by atoms with Crippen LogP contribution in [0, 0.1) is 5.92 Å². The van der Waals surface area contributed by atoms with Gasteiger partial charge in [-0.1, -0.05) is 20.3 Å². The quantitative estimate of drug-likeness (QED) is 0.779. The number of carbonyl (C=O) groups is 2. The van der Waals surface area contributed by atoms with Gasteiger partial charge >= 0.3 is 12.0 Å². The van der Waals surface area contributed by atoms with Crippen LogP contribution < -0.4 is 5.32 Å². The van der Waals surface area contributed by atoms with E-state index in [4.69, 9.17) is 4.74 Å². The predicted molar refractivity (Wildman–Crippen MR) is 75.6 cm³/mol. The van der Waals surface area contributed by atoms with Crippen molar-refractivity contribution in [2.75, 3.05) is 19.7 Å². The molecule has 2 unspecified atom stereocenters. The van der Waals surface area contributed by atoms with Crippen LogP contribution in [0.4, 0.5) is 4.79 Å². The van der Waals surface area contributed by atoms with Gasteiger partial charge in [0.15, 0.2) is 0 Å². The number of nitrogens with one attached hydrogen (secondary N) is 1. The minimum Gasteiger partial charge on any atom is -0.480 e. The molecule has 2 atom stereocenters. The summed E-state index contributed by atoms with van der Waals surface area (Å²) in [6.45, 7) is 7.63. The number of carboxylic acids is 1. The Hall–Kier alpha value is -1.30. The van der Waals surface area contributed by atoms with E-state index in [1.807, 2.05) is 20.8 Å². The summed E-state index contributed by atoms with van der Waals surface area (Å²) in [4.78, 5) is 25.0. The Labute approximate surface area is 120 Å². The summed E-state index contributed by atoms with van der Waals surface area (Å²) in [5.74, 6) is -1.06. The number of ether oxygens (including phenoxy) is 1. The summed E-state index contributed by atoms with van der Waals surface area (Å²) in [5, 5.41) is 11.8. The first-order chi connectivity index (χ1) is 9.49. The number of hydrogen-bond donors (Lipinski definition) is 2. The average Bonchev–Trinajstić information content (AvgIpc) is 2.44. The first-order valence-electron chi connectivity index (χ1n) is 7.39. The summed E-state index contributed by atoms with van der Waals surface area (Å²) in [6.07, 6.45) is 2.54. The Morgan fingerprint density at radius 3 is 2.40 bits per heavy atom. The third-order valence-corrected chi connectivity index (χ3v) is 3.89. The van der Waals surface area contributed by atoms with Gasteiger partial charge in [0.05, 0.1) is 6.10 Å². The molecule has 6 nitrogen and oxygen atoms in total. The molecule has 0 aromatic rings. The van der Waals surface area contributed by atoms with Crippen molar-refractivity contribution in [1.29, 1.82) is 0 Å². The first kappa shape index (κ1) is 16.8. The largest absolute Gasteiger partial charge is 0.480 e. The lowest BCUT2D eigenvalue weighted by atomic mass is 9.99. The van der Waals surface area contributed by atoms with E-state index < -0.39 is 12.0 Å². The van der Waals surface area contributed by atoms with Crippen molar-refractivity contribution in [1.82, 2.24) is 10.2 Å². The highest BCUT2D eigenvalue weighted by Gasteiger charge is 2.29. The fraction of sp³-hybridized carbons (Fsp3) is 0.857. The van der Waals surface area contributed by atoms with Gasteiger partial charge in [0.25, 0.3) is 0 Å². The number of piperidine rings is 1. The van der Waals surface area contributed by atoms with Crippen molar-refractivity contribution in [2.45, 2.75) is 52.2 Å². The minimum absolute atomic E-state index is 0.0857. The van der Waals surface area contributed by atoms with E-state index in [0.29, 0.717) is 26.1 Å². The Balaban J connectivity index is 2.48. The molecule has 1 aliphatic rings. The number of amides is 2. The molecule has 0 aliphatic carbocycles. The van der Waals surface area contributed by atoms with Crippen molar-refractivity contribution >= 4 is 12.0 Å². The molecule has 1 heterocycles. The fourth-order valence-corrected chi connectivity index (χ4v) is 2.37. The van der Waals surface area contributed by atoms with Crippen LogP contribution in [0.25, 0.3) is 0 Å². The monoisotopic (exact) mass is 286 g/mol. The lowest BCUT2D eigenvalue weighted by Gasteiger charge is -2.33. The van der Waals surface area contributed by atoms with Crippen LogP contribution in [0.5, 0.6) is 0 Å². The Kier molecular flexibility index (Phi) is 6.78. The van der Waals surface area contributed by atoms with Gasteiger partial charge in [-0.05, 0) is 25.7 Å². The Morgan fingerprint density at radius 2 is 1.95 bits per heavy atom. The number of rotatable bonds is 6. The first-order valence-corrected chi connectivity index (χ1v) is 7.39. The van der Waals surface area contributed by atoms with Crippen LogP contribution in [0.15, 0.2) is 0 Å². The predicted octanol–water partition coefficient (Wildman–Crippen LogP) is 1.70. The van der Waals surface area contributed by atoms with E-state index in [-0.39, 0.29) is 18.1 Å². The number of aliphatic carboxylic acids is 1. The van der Waals surface area contributed by atoms with E-state index in [0.717, 1.165) is 12.8 Å². The molecule has 1 saturated heterocycles.